The molecular weight excluding hydrogens is 290 g/mol. The maximum Gasteiger partial charge on any atom is 0.259 e. The lowest BCUT2D eigenvalue weighted by molar-refractivity contribution is 0.0992. The Balaban J connectivity index is 2.32. The molecule has 0 spiro atoms. The second-order valence-corrected chi connectivity index (χ2v) is 5.04. The van der Waals surface area contributed by atoms with E-state index in [0.29, 0.717) is 5.56 Å². The van der Waals surface area contributed by atoms with E-state index in [9.17, 15) is 4.79 Å². The van der Waals surface area contributed by atoms with Crippen LogP contribution in [0.2, 0.25) is 0 Å². The summed E-state index contributed by atoms with van der Waals surface area (Å²) in [6.07, 6.45) is 0. The Kier molecular flexibility index (Phi) is 3.82. The summed E-state index contributed by atoms with van der Waals surface area (Å²) in [5, 5.41) is 0. The lowest BCUT2D eigenvalue weighted by Crippen LogP contribution is -2.26. The van der Waals surface area contributed by atoms with Crippen LogP contribution in [0.15, 0.2) is 53.0 Å². The molecule has 2 aromatic rings. The molecule has 1 amide bonds. The quantitative estimate of drug-likeness (QED) is 0.820. The van der Waals surface area contributed by atoms with Gasteiger partial charge in [0.05, 0.1) is 5.56 Å². The average molecular weight is 304 g/mol. The van der Waals surface area contributed by atoms with E-state index in [4.69, 9.17) is 0 Å². The number of nitrogens with zero attached hydrogens (tertiary/aromatic N) is 1. The summed E-state index contributed by atoms with van der Waals surface area (Å²) in [5.74, 6) is -0.0203. The molecule has 0 atom stereocenters. The third kappa shape index (κ3) is 2.62. The molecule has 2 rings (SSSR count). The van der Waals surface area contributed by atoms with Crippen molar-refractivity contribution in [3.05, 3.63) is 64.1 Å². The largest absolute Gasteiger partial charge is 0.311 e. The fourth-order valence-corrected chi connectivity index (χ4v) is 2.22. The van der Waals surface area contributed by atoms with Crippen LogP contribution in [0, 0.1) is 6.92 Å². The lowest BCUT2D eigenvalue weighted by atomic mass is 10.1. The van der Waals surface area contributed by atoms with E-state index in [0.717, 1.165) is 15.7 Å². The van der Waals surface area contributed by atoms with Gasteiger partial charge in [0.1, 0.15) is 0 Å². The fourth-order valence-electron chi connectivity index (χ4n) is 1.77. The van der Waals surface area contributed by atoms with Gasteiger partial charge < -0.3 is 4.90 Å². The van der Waals surface area contributed by atoms with Gasteiger partial charge in [0.15, 0.2) is 0 Å². The second kappa shape index (κ2) is 5.36. The van der Waals surface area contributed by atoms with Gasteiger partial charge in [-0.25, -0.2) is 0 Å². The predicted octanol–water partition coefficient (Wildman–Crippen LogP) is 4.03. The van der Waals surface area contributed by atoms with Crippen LogP contribution in [0.3, 0.4) is 0 Å². The molecule has 0 heterocycles. The summed E-state index contributed by atoms with van der Waals surface area (Å²) >= 11 is 3.40. The highest BCUT2D eigenvalue weighted by molar-refractivity contribution is 9.10. The Morgan fingerprint density at radius 1 is 1.11 bits per heavy atom. The van der Waals surface area contributed by atoms with Crippen molar-refractivity contribution in [3.63, 3.8) is 0 Å². The Labute approximate surface area is 115 Å². The number of aryl methyl sites for hydroxylation is 1. The van der Waals surface area contributed by atoms with Crippen molar-refractivity contribution < 1.29 is 4.79 Å². The molecule has 0 aromatic heterocycles. The van der Waals surface area contributed by atoms with Gasteiger partial charge in [0.25, 0.3) is 5.91 Å². The van der Waals surface area contributed by atoms with Gasteiger partial charge >= 0.3 is 0 Å². The monoisotopic (exact) mass is 303 g/mol. The normalized spacial score (nSPS) is 10.2. The standard InChI is InChI=1S/C15H14BrNO/c1-11-6-5-7-12(10-11)17(2)15(18)13-8-3-4-9-14(13)16/h3-10H,1-2H3. The van der Waals surface area contributed by atoms with E-state index in [1.165, 1.54) is 0 Å². The Morgan fingerprint density at radius 2 is 1.83 bits per heavy atom. The van der Waals surface area contributed by atoms with Gasteiger partial charge in [-0.1, -0.05) is 24.3 Å². The zero-order chi connectivity index (χ0) is 13.1. The molecule has 0 fully saturated rings. The number of carbonyl (C=O) groups is 1. The van der Waals surface area contributed by atoms with Crippen molar-refractivity contribution >= 4 is 27.5 Å². The maximum absolute atomic E-state index is 12.4. The van der Waals surface area contributed by atoms with E-state index in [1.807, 2.05) is 55.5 Å². The highest BCUT2D eigenvalue weighted by atomic mass is 79.9. The van der Waals surface area contributed by atoms with Crippen LogP contribution in [-0.4, -0.2) is 13.0 Å². The SMILES string of the molecule is Cc1cccc(N(C)C(=O)c2ccccc2Br)c1. The Morgan fingerprint density at radius 3 is 2.50 bits per heavy atom. The van der Waals surface area contributed by atoms with Crippen molar-refractivity contribution in [2.75, 3.05) is 11.9 Å². The molecule has 0 saturated carbocycles. The first-order valence-corrected chi connectivity index (χ1v) is 6.48. The molecule has 2 aromatic carbocycles. The van der Waals surface area contributed by atoms with Crippen molar-refractivity contribution in [2.45, 2.75) is 6.92 Å². The van der Waals surface area contributed by atoms with Gasteiger partial charge in [0, 0.05) is 17.2 Å². The number of amides is 1. The minimum atomic E-state index is -0.0203. The minimum Gasteiger partial charge on any atom is -0.311 e. The topological polar surface area (TPSA) is 20.3 Å². The molecular formula is C15H14BrNO. The highest BCUT2D eigenvalue weighted by Gasteiger charge is 2.15. The molecule has 18 heavy (non-hydrogen) atoms. The predicted molar refractivity (Wildman–Crippen MR) is 78.1 cm³/mol. The molecule has 0 aliphatic carbocycles. The molecule has 0 aliphatic rings. The zero-order valence-electron chi connectivity index (χ0n) is 10.4. The summed E-state index contributed by atoms with van der Waals surface area (Å²) < 4.78 is 0.814. The van der Waals surface area contributed by atoms with Crippen LogP contribution in [0.4, 0.5) is 5.69 Å². The number of halogens is 1. The molecule has 2 nitrogen and oxygen atoms in total. The fraction of sp³-hybridized carbons (Fsp3) is 0.133. The van der Waals surface area contributed by atoms with Gasteiger partial charge in [-0.3, -0.25) is 4.79 Å². The van der Waals surface area contributed by atoms with Crippen molar-refractivity contribution in [2.24, 2.45) is 0 Å². The third-order valence-electron chi connectivity index (χ3n) is 2.80. The smallest absolute Gasteiger partial charge is 0.259 e. The molecule has 0 saturated heterocycles. The van der Waals surface area contributed by atoms with Gasteiger partial charge in [-0.2, -0.15) is 0 Å². The first kappa shape index (κ1) is 12.8. The van der Waals surface area contributed by atoms with Crippen molar-refractivity contribution in [1.82, 2.24) is 0 Å². The molecule has 0 aliphatic heterocycles. The summed E-state index contributed by atoms with van der Waals surface area (Å²) in [6.45, 7) is 2.01. The summed E-state index contributed by atoms with van der Waals surface area (Å²) in [7, 11) is 1.79. The van der Waals surface area contributed by atoms with E-state index in [-0.39, 0.29) is 5.91 Å². The lowest BCUT2D eigenvalue weighted by Gasteiger charge is -2.18. The summed E-state index contributed by atoms with van der Waals surface area (Å²) in [4.78, 5) is 14.0. The summed E-state index contributed by atoms with van der Waals surface area (Å²) in [6, 6.07) is 15.3. The van der Waals surface area contributed by atoms with E-state index in [1.54, 1.807) is 11.9 Å². The first-order chi connectivity index (χ1) is 8.59. The average Bonchev–Trinajstić information content (AvgIpc) is 2.37. The van der Waals surface area contributed by atoms with Gasteiger partial charge in [-0.05, 0) is 52.7 Å². The number of rotatable bonds is 2. The molecule has 0 radical (unpaired) electrons. The Hall–Kier alpha value is -1.61. The van der Waals surface area contributed by atoms with Gasteiger partial charge in [-0.15, -0.1) is 0 Å². The molecule has 0 bridgehead atoms. The molecule has 0 unspecified atom stereocenters. The van der Waals surface area contributed by atoms with Crippen molar-refractivity contribution in [1.29, 1.82) is 0 Å². The third-order valence-corrected chi connectivity index (χ3v) is 3.49. The molecule has 92 valence electrons. The van der Waals surface area contributed by atoms with Crippen molar-refractivity contribution in [3.8, 4) is 0 Å². The van der Waals surface area contributed by atoms with E-state index < -0.39 is 0 Å². The van der Waals surface area contributed by atoms with Crippen LogP contribution in [0.25, 0.3) is 0 Å². The van der Waals surface area contributed by atoms with E-state index in [2.05, 4.69) is 15.9 Å². The minimum absolute atomic E-state index is 0.0203. The summed E-state index contributed by atoms with van der Waals surface area (Å²) in [5.41, 5.74) is 2.71. The maximum atomic E-state index is 12.4. The number of carbonyl (C=O) groups excluding carboxylic acids is 1. The number of hydrogen-bond donors (Lipinski definition) is 0. The molecule has 3 heteroatoms. The second-order valence-electron chi connectivity index (χ2n) is 4.18. The number of anilines is 1. The van der Waals surface area contributed by atoms with Crippen LogP contribution in [0.1, 0.15) is 15.9 Å². The number of benzene rings is 2. The Bertz CT molecular complexity index is 580. The first-order valence-electron chi connectivity index (χ1n) is 5.69. The van der Waals surface area contributed by atoms with Crippen LogP contribution < -0.4 is 4.90 Å². The highest BCUT2D eigenvalue weighted by Crippen LogP contribution is 2.21. The van der Waals surface area contributed by atoms with Crippen LogP contribution >= 0.6 is 15.9 Å². The molecule has 0 N–H and O–H groups in total. The number of hydrogen-bond acceptors (Lipinski definition) is 1. The van der Waals surface area contributed by atoms with Crippen LogP contribution in [0.5, 0.6) is 0 Å². The van der Waals surface area contributed by atoms with Gasteiger partial charge in [0.2, 0.25) is 0 Å². The zero-order valence-corrected chi connectivity index (χ0v) is 11.9. The van der Waals surface area contributed by atoms with E-state index >= 15 is 0 Å². The van der Waals surface area contributed by atoms with Crippen LogP contribution in [-0.2, 0) is 0 Å².